The maximum atomic E-state index is 15.4. The Hall–Kier alpha value is -3.85. The monoisotopic (exact) mass is 574 g/mol. The van der Waals surface area contributed by atoms with Gasteiger partial charge in [0.1, 0.15) is 22.9 Å². The molecular formula is C27H31FN4O9. The lowest BCUT2D eigenvalue weighted by atomic mass is 9.57. The number of phenolic OH excluding ortho intramolecular Hbond substituents is 1. The molecule has 4 atom stereocenters. The van der Waals surface area contributed by atoms with Crippen molar-refractivity contribution in [3.8, 4) is 5.75 Å². The summed E-state index contributed by atoms with van der Waals surface area (Å²) in [6.45, 7) is 0.852. The van der Waals surface area contributed by atoms with Gasteiger partial charge in [0.2, 0.25) is 11.7 Å². The number of aromatic hydroxyl groups is 1. The number of aliphatic hydroxyl groups excluding tert-OH is 3. The lowest BCUT2D eigenvalue weighted by Crippen LogP contribution is -2.66. The standard InChI is InChI=1S/C27H31FN4O9/c28-14-9-15(31-16(34)10-32-4-1-2-5-32)21(35)18-12(14)7-11-8-13-20(30-3-6-33)23(37)19(26(29)40)25(39)27(13,41)24(38)17(11)22(18)36/h9,11,13,20,30,33,35-36,39,41H,1-8,10H2,(H2,29,40)(H,31,34)/t11-,13-,20-,27-/m0/s1. The number of aliphatic hydroxyl groups is 4. The Labute approximate surface area is 233 Å². The molecule has 5 rings (SSSR count). The molecule has 9 N–H and O–H groups in total. The highest BCUT2D eigenvalue weighted by molar-refractivity contribution is 6.24. The van der Waals surface area contributed by atoms with E-state index in [2.05, 4.69) is 10.6 Å². The normalized spacial score (nSPS) is 27.9. The van der Waals surface area contributed by atoms with Crippen LogP contribution in [-0.2, 0) is 25.6 Å². The fourth-order valence-electron chi connectivity index (χ4n) is 6.58. The van der Waals surface area contributed by atoms with Gasteiger partial charge in [-0.3, -0.25) is 24.1 Å². The zero-order chi connectivity index (χ0) is 29.8. The van der Waals surface area contributed by atoms with Gasteiger partial charge < -0.3 is 41.9 Å². The number of nitrogens with two attached hydrogens (primary N) is 1. The molecule has 1 aromatic carbocycles. The second kappa shape index (κ2) is 10.5. The Morgan fingerprint density at radius 3 is 2.49 bits per heavy atom. The number of carbonyl (C=O) groups excluding carboxylic acids is 4. The number of anilines is 1. The lowest BCUT2D eigenvalue weighted by molar-refractivity contribution is -0.150. The van der Waals surface area contributed by atoms with E-state index in [0.29, 0.717) is 0 Å². The number of hydrogen-bond donors (Lipinski definition) is 8. The summed E-state index contributed by atoms with van der Waals surface area (Å²) >= 11 is 0. The van der Waals surface area contributed by atoms with Gasteiger partial charge in [0.25, 0.3) is 5.91 Å². The molecule has 0 spiro atoms. The number of benzene rings is 1. The van der Waals surface area contributed by atoms with Crippen molar-refractivity contribution in [1.82, 2.24) is 10.2 Å². The molecule has 41 heavy (non-hydrogen) atoms. The summed E-state index contributed by atoms with van der Waals surface area (Å²) in [7, 11) is 0. The molecule has 1 saturated carbocycles. The van der Waals surface area contributed by atoms with E-state index in [0.717, 1.165) is 32.0 Å². The molecule has 220 valence electrons. The van der Waals surface area contributed by atoms with E-state index < -0.39 is 93.3 Å². The van der Waals surface area contributed by atoms with Crippen molar-refractivity contribution in [1.29, 1.82) is 0 Å². The van der Waals surface area contributed by atoms with Crippen LogP contribution in [0.3, 0.4) is 0 Å². The van der Waals surface area contributed by atoms with Gasteiger partial charge in [-0.1, -0.05) is 0 Å². The summed E-state index contributed by atoms with van der Waals surface area (Å²) < 4.78 is 15.4. The zero-order valence-corrected chi connectivity index (χ0v) is 21.9. The summed E-state index contributed by atoms with van der Waals surface area (Å²) in [5.41, 5.74) is 0.0247. The van der Waals surface area contributed by atoms with Crippen LogP contribution >= 0.6 is 0 Å². The Morgan fingerprint density at radius 2 is 1.85 bits per heavy atom. The van der Waals surface area contributed by atoms with Gasteiger partial charge in [-0.25, -0.2) is 4.39 Å². The van der Waals surface area contributed by atoms with Crippen LogP contribution in [0.1, 0.15) is 30.4 Å². The number of hydrogen-bond acceptors (Lipinski definition) is 11. The van der Waals surface area contributed by atoms with Crippen LogP contribution in [-0.4, -0.2) is 98.2 Å². The molecule has 14 heteroatoms. The number of nitrogens with one attached hydrogen (secondary N) is 2. The van der Waals surface area contributed by atoms with Gasteiger partial charge in [0.15, 0.2) is 17.1 Å². The minimum absolute atomic E-state index is 0.0121. The van der Waals surface area contributed by atoms with E-state index in [4.69, 9.17) is 5.73 Å². The van der Waals surface area contributed by atoms with Gasteiger partial charge in [0.05, 0.1) is 30.4 Å². The molecule has 1 saturated heterocycles. The second-order valence-electron chi connectivity index (χ2n) is 10.8. The topological polar surface area (TPSA) is 223 Å². The summed E-state index contributed by atoms with van der Waals surface area (Å²) in [5.74, 6) is -10.2. The molecule has 1 heterocycles. The van der Waals surface area contributed by atoms with E-state index in [-0.39, 0.29) is 37.2 Å². The van der Waals surface area contributed by atoms with Crippen LogP contribution in [0.15, 0.2) is 23.0 Å². The molecule has 4 aliphatic rings. The van der Waals surface area contributed by atoms with Crippen molar-refractivity contribution < 1.29 is 49.1 Å². The van der Waals surface area contributed by atoms with Crippen molar-refractivity contribution in [2.75, 3.05) is 38.1 Å². The summed E-state index contributed by atoms with van der Waals surface area (Å²) in [6.07, 6.45) is 1.41. The average Bonchev–Trinajstić information content (AvgIpc) is 3.41. The fourth-order valence-corrected chi connectivity index (χ4v) is 6.58. The van der Waals surface area contributed by atoms with Gasteiger partial charge in [-0.2, -0.15) is 0 Å². The van der Waals surface area contributed by atoms with Crippen LogP contribution < -0.4 is 16.4 Å². The minimum atomic E-state index is -2.88. The van der Waals surface area contributed by atoms with E-state index >= 15 is 4.39 Å². The minimum Gasteiger partial charge on any atom is -0.508 e. The second-order valence-corrected chi connectivity index (χ2v) is 10.8. The number of carbonyl (C=O) groups is 4. The highest BCUT2D eigenvalue weighted by Gasteiger charge is 2.63. The first kappa shape index (κ1) is 28.7. The number of halogens is 1. The molecule has 1 aromatic rings. The SMILES string of the molecule is NC(=O)C1=C(O)[C@@]2(O)C(=O)C3=C(O)c4c(O)c(NC(=O)CN5CCCC5)cc(F)c4C[C@H]3C[C@H]2[C@H](NCCO)C1=O. The molecule has 0 unspecified atom stereocenters. The third-order valence-electron chi connectivity index (χ3n) is 8.46. The molecule has 3 aliphatic carbocycles. The van der Waals surface area contributed by atoms with E-state index in [9.17, 15) is 44.7 Å². The van der Waals surface area contributed by atoms with E-state index in [1.165, 1.54) is 0 Å². The lowest BCUT2D eigenvalue weighted by Gasteiger charge is -2.49. The van der Waals surface area contributed by atoms with Crippen LogP contribution in [0, 0.1) is 17.7 Å². The third-order valence-corrected chi connectivity index (χ3v) is 8.46. The highest BCUT2D eigenvalue weighted by atomic mass is 19.1. The molecule has 13 nitrogen and oxygen atoms in total. The van der Waals surface area contributed by atoms with Crippen molar-refractivity contribution >= 4 is 34.8 Å². The number of nitrogens with zero attached hydrogens (tertiary/aromatic N) is 1. The van der Waals surface area contributed by atoms with Crippen molar-refractivity contribution in [2.24, 2.45) is 17.6 Å². The number of likely N-dealkylation sites (tertiary alicyclic amines) is 1. The molecule has 0 bridgehead atoms. The number of primary amides is 1. The predicted octanol–water partition coefficient (Wildman–Crippen LogP) is -0.842. The Kier molecular flexibility index (Phi) is 7.36. The van der Waals surface area contributed by atoms with Crippen molar-refractivity contribution in [3.05, 3.63) is 39.9 Å². The van der Waals surface area contributed by atoms with Crippen molar-refractivity contribution in [2.45, 2.75) is 37.3 Å². The number of fused-ring (bicyclic) bond motifs is 3. The summed E-state index contributed by atoms with van der Waals surface area (Å²) in [5, 5.41) is 59.1. The fraction of sp³-hybridized carbons (Fsp3) is 0.481. The van der Waals surface area contributed by atoms with Crippen LogP contribution in [0.2, 0.25) is 0 Å². The predicted molar refractivity (Wildman–Crippen MR) is 140 cm³/mol. The first-order valence-electron chi connectivity index (χ1n) is 13.3. The average molecular weight is 575 g/mol. The van der Waals surface area contributed by atoms with E-state index in [1.54, 1.807) is 0 Å². The van der Waals surface area contributed by atoms with Gasteiger partial charge in [-0.15, -0.1) is 0 Å². The number of amides is 2. The summed E-state index contributed by atoms with van der Waals surface area (Å²) in [6, 6.07) is -0.510. The molecule has 0 radical (unpaired) electrons. The Bertz CT molecular complexity index is 1420. The smallest absolute Gasteiger partial charge is 0.255 e. The maximum Gasteiger partial charge on any atom is 0.255 e. The first-order valence-corrected chi connectivity index (χ1v) is 13.3. The summed E-state index contributed by atoms with van der Waals surface area (Å²) in [4.78, 5) is 53.4. The van der Waals surface area contributed by atoms with Gasteiger partial charge >= 0.3 is 0 Å². The van der Waals surface area contributed by atoms with Crippen molar-refractivity contribution in [3.63, 3.8) is 0 Å². The molecule has 2 fully saturated rings. The number of Topliss-reactive ketones (excluding diaryl/α,β-unsaturated/α-hetero) is 2. The van der Waals surface area contributed by atoms with E-state index in [1.807, 2.05) is 4.90 Å². The molecule has 1 aliphatic heterocycles. The first-order chi connectivity index (χ1) is 19.4. The number of rotatable bonds is 7. The molecule has 0 aromatic heterocycles. The maximum absolute atomic E-state index is 15.4. The van der Waals surface area contributed by atoms with Crippen LogP contribution in [0.25, 0.3) is 5.76 Å². The molecular weight excluding hydrogens is 543 g/mol. The number of ketones is 2. The Morgan fingerprint density at radius 1 is 1.17 bits per heavy atom. The quantitative estimate of drug-likeness (QED) is 0.148. The van der Waals surface area contributed by atoms with Crippen LogP contribution in [0.5, 0.6) is 5.75 Å². The zero-order valence-electron chi connectivity index (χ0n) is 21.9. The largest absolute Gasteiger partial charge is 0.508 e. The van der Waals surface area contributed by atoms with Gasteiger partial charge in [-0.05, 0) is 44.7 Å². The van der Waals surface area contributed by atoms with Crippen LogP contribution in [0.4, 0.5) is 10.1 Å². The Balaban J connectivity index is 1.58. The number of phenols is 1. The van der Waals surface area contributed by atoms with Gasteiger partial charge in [0, 0.05) is 29.7 Å². The third kappa shape index (κ3) is 4.47. The highest BCUT2D eigenvalue weighted by Crippen LogP contribution is 2.53. The molecule has 2 amide bonds.